The summed E-state index contributed by atoms with van der Waals surface area (Å²) in [5.41, 5.74) is 0.264. The van der Waals surface area contributed by atoms with E-state index in [2.05, 4.69) is 24.0 Å². The standard InChI is InChI=1S/C15H27NOS/c1-14(6-4-10-18-14)12-16-13-5-9-17-15(11-13)7-2-3-8-15/h13,16H,2-12H2,1H3. The van der Waals surface area contributed by atoms with Gasteiger partial charge in [-0.15, -0.1) is 0 Å². The molecular weight excluding hydrogens is 242 g/mol. The predicted molar refractivity (Wildman–Crippen MR) is 78.3 cm³/mol. The lowest BCUT2D eigenvalue weighted by atomic mass is 9.88. The zero-order valence-electron chi connectivity index (χ0n) is 11.7. The van der Waals surface area contributed by atoms with Gasteiger partial charge in [0.15, 0.2) is 0 Å². The second-order valence-electron chi connectivity index (χ2n) is 6.71. The van der Waals surface area contributed by atoms with E-state index in [0.29, 0.717) is 10.8 Å². The molecule has 104 valence electrons. The highest BCUT2D eigenvalue weighted by Crippen LogP contribution is 2.41. The molecule has 3 fully saturated rings. The summed E-state index contributed by atoms with van der Waals surface area (Å²) in [6.45, 7) is 4.60. The van der Waals surface area contributed by atoms with E-state index in [-0.39, 0.29) is 5.60 Å². The number of hydrogen-bond donors (Lipinski definition) is 1. The Balaban J connectivity index is 1.50. The Hall–Kier alpha value is 0.270. The highest BCUT2D eigenvalue weighted by atomic mass is 32.2. The Bertz CT molecular complexity index is 282. The Kier molecular flexibility index (Phi) is 3.93. The maximum absolute atomic E-state index is 6.11. The van der Waals surface area contributed by atoms with Crippen LogP contribution in [-0.4, -0.2) is 35.3 Å². The second kappa shape index (κ2) is 5.34. The Morgan fingerprint density at radius 1 is 1.22 bits per heavy atom. The fraction of sp³-hybridized carbons (Fsp3) is 1.00. The number of hydrogen-bond acceptors (Lipinski definition) is 3. The third-order valence-corrected chi connectivity index (χ3v) is 6.61. The van der Waals surface area contributed by atoms with Crippen molar-refractivity contribution in [3.8, 4) is 0 Å². The largest absolute Gasteiger partial charge is 0.375 e. The highest BCUT2D eigenvalue weighted by Gasteiger charge is 2.40. The van der Waals surface area contributed by atoms with Gasteiger partial charge in [0.05, 0.1) is 5.60 Å². The Labute approximate surface area is 116 Å². The van der Waals surface area contributed by atoms with Crippen molar-refractivity contribution in [2.45, 2.75) is 74.7 Å². The second-order valence-corrected chi connectivity index (χ2v) is 8.39. The van der Waals surface area contributed by atoms with Crippen molar-refractivity contribution in [2.75, 3.05) is 18.9 Å². The number of thioether (sulfide) groups is 1. The van der Waals surface area contributed by atoms with Crippen LogP contribution in [0.3, 0.4) is 0 Å². The molecule has 3 heteroatoms. The minimum Gasteiger partial charge on any atom is -0.375 e. The van der Waals surface area contributed by atoms with Crippen molar-refractivity contribution in [3.63, 3.8) is 0 Å². The lowest BCUT2D eigenvalue weighted by Gasteiger charge is -2.39. The maximum atomic E-state index is 6.11. The van der Waals surface area contributed by atoms with Gasteiger partial charge >= 0.3 is 0 Å². The summed E-state index contributed by atoms with van der Waals surface area (Å²) in [7, 11) is 0. The quantitative estimate of drug-likeness (QED) is 0.849. The van der Waals surface area contributed by atoms with Gasteiger partial charge in [-0.3, -0.25) is 0 Å². The summed E-state index contributed by atoms with van der Waals surface area (Å²) in [6.07, 6.45) is 10.6. The van der Waals surface area contributed by atoms with Crippen molar-refractivity contribution < 1.29 is 4.74 Å². The molecule has 1 saturated carbocycles. The number of nitrogens with one attached hydrogen (secondary N) is 1. The van der Waals surface area contributed by atoms with E-state index >= 15 is 0 Å². The van der Waals surface area contributed by atoms with E-state index in [1.807, 2.05) is 0 Å². The molecule has 3 rings (SSSR count). The predicted octanol–water partition coefficient (Wildman–Crippen LogP) is 3.35. The molecule has 0 amide bonds. The summed E-state index contributed by atoms with van der Waals surface area (Å²) in [6, 6.07) is 0.704. The van der Waals surface area contributed by atoms with Crippen LogP contribution in [0.5, 0.6) is 0 Å². The van der Waals surface area contributed by atoms with E-state index in [0.717, 1.165) is 6.61 Å². The average molecular weight is 269 g/mol. The lowest BCUT2D eigenvalue weighted by Crippen LogP contribution is -2.48. The van der Waals surface area contributed by atoms with Crippen LogP contribution < -0.4 is 5.32 Å². The van der Waals surface area contributed by atoms with E-state index in [4.69, 9.17) is 4.74 Å². The topological polar surface area (TPSA) is 21.3 Å². The zero-order valence-corrected chi connectivity index (χ0v) is 12.5. The molecule has 2 unspecified atom stereocenters. The van der Waals surface area contributed by atoms with E-state index in [1.54, 1.807) is 0 Å². The normalized spacial score (nSPS) is 39.5. The van der Waals surface area contributed by atoms with Crippen molar-refractivity contribution in [2.24, 2.45) is 0 Å². The van der Waals surface area contributed by atoms with Gasteiger partial charge in [0.2, 0.25) is 0 Å². The fourth-order valence-electron chi connectivity index (χ4n) is 3.91. The number of ether oxygens (including phenoxy) is 1. The van der Waals surface area contributed by atoms with E-state index < -0.39 is 0 Å². The van der Waals surface area contributed by atoms with Crippen LogP contribution in [0.15, 0.2) is 0 Å². The van der Waals surface area contributed by atoms with E-state index in [1.165, 1.54) is 63.7 Å². The first kappa shape index (κ1) is 13.3. The number of rotatable bonds is 3. The molecule has 1 N–H and O–H groups in total. The van der Waals surface area contributed by atoms with Crippen LogP contribution in [0.25, 0.3) is 0 Å². The van der Waals surface area contributed by atoms with Crippen LogP contribution in [0, 0.1) is 0 Å². The summed E-state index contributed by atoms with van der Waals surface area (Å²) in [5, 5.41) is 3.85. The molecule has 0 aromatic heterocycles. The molecule has 0 bridgehead atoms. The third-order valence-electron chi connectivity index (χ3n) is 5.07. The highest BCUT2D eigenvalue weighted by molar-refractivity contribution is 8.00. The molecule has 18 heavy (non-hydrogen) atoms. The van der Waals surface area contributed by atoms with Crippen LogP contribution in [-0.2, 0) is 4.74 Å². The van der Waals surface area contributed by atoms with Crippen molar-refractivity contribution >= 4 is 11.8 Å². The molecule has 0 aromatic rings. The summed E-state index contributed by atoms with van der Waals surface area (Å²) < 4.78 is 6.61. The average Bonchev–Trinajstić information content (AvgIpc) is 2.98. The smallest absolute Gasteiger partial charge is 0.0697 e. The molecule has 1 spiro atoms. The molecule has 0 radical (unpaired) electrons. The van der Waals surface area contributed by atoms with Crippen molar-refractivity contribution in [1.82, 2.24) is 5.32 Å². The summed E-state index contributed by atoms with van der Waals surface area (Å²) in [5.74, 6) is 1.36. The molecule has 2 saturated heterocycles. The molecule has 2 nitrogen and oxygen atoms in total. The van der Waals surface area contributed by atoms with Gasteiger partial charge in [-0.25, -0.2) is 0 Å². The molecule has 2 heterocycles. The van der Waals surface area contributed by atoms with Crippen molar-refractivity contribution in [3.05, 3.63) is 0 Å². The van der Waals surface area contributed by atoms with Gasteiger partial charge < -0.3 is 10.1 Å². The molecule has 2 aliphatic heterocycles. The van der Waals surface area contributed by atoms with Gasteiger partial charge in [0.25, 0.3) is 0 Å². The Morgan fingerprint density at radius 2 is 2.06 bits per heavy atom. The summed E-state index contributed by atoms with van der Waals surface area (Å²) >= 11 is 2.16. The van der Waals surface area contributed by atoms with Crippen LogP contribution in [0.4, 0.5) is 0 Å². The molecule has 0 aromatic carbocycles. The molecular formula is C15H27NOS. The SMILES string of the molecule is CC1(CNC2CCOC3(CCCC3)C2)CCCS1. The third kappa shape index (κ3) is 2.88. The van der Waals surface area contributed by atoms with Crippen LogP contribution >= 0.6 is 11.8 Å². The zero-order chi connectivity index (χ0) is 12.5. The first-order chi connectivity index (χ1) is 8.70. The van der Waals surface area contributed by atoms with Gasteiger partial charge in [-0.2, -0.15) is 11.8 Å². The van der Waals surface area contributed by atoms with Gasteiger partial charge in [-0.1, -0.05) is 12.8 Å². The minimum atomic E-state index is 0.264. The van der Waals surface area contributed by atoms with Gasteiger partial charge in [0, 0.05) is 23.9 Å². The summed E-state index contributed by atoms with van der Waals surface area (Å²) in [4.78, 5) is 0. The fourth-order valence-corrected chi connectivity index (χ4v) is 5.16. The van der Waals surface area contributed by atoms with Crippen LogP contribution in [0.2, 0.25) is 0 Å². The van der Waals surface area contributed by atoms with Crippen LogP contribution in [0.1, 0.15) is 58.3 Å². The molecule has 3 aliphatic rings. The van der Waals surface area contributed by atoms with Gasteiger partial charge in [0.1, 0.15) is 0 Å². The first-order valence-corrected chi connectivity index (χ1v) is 8.70. The van der Waals surface area contributed by atoms with Gasteiger partial charge in [-0.05, 0) is 51.2 Å². The molecule has 1 aliphatic carbocycles. The first-order valence-electron chi connectivity index (χ1n) is 7.71. The molecule has 2 atom stereocenters. The van der Waals surface area contributed by atoms with Crippen molar-refractivity contribution in [1.29, 1.82) is 0 Å². The minimum absolute atomic E-state index is 0.264. The lowest BCUT2D eigenvalue weighted by molar-refractivity contribution is -0.0837. The maximum Gasteiger partial charge on any atom is 0.0697 e. The Morgan fingerprint density at radius 3 is 2.78 bits per heavy atom. The monoisotopic (exact) mass is 269 g/mol. The van der Waals surface area contributed by atoms with E-state index in [9.17, 15) is 0 Å².